The van der Waals surface area contributed by atoms with Crippen molar-refractivity contribution in [2.24, 2.45) is 5.73 Å². The van der Waals surface area contributed by atoms with Crippen molar-refractivity contribution in [3.05, 3.63) is 34.6 Å². The van der Waals surface area contributed by atoms with Gasteiger partial charge in [0, 0.05) is 31.3 Å². The van der Waals surface area contributed by atoms with Gasteiger partial charge >= 0.3 is 0 Å². The first kappa shape index (κ1) is 13.7. The molecule has 0 saturated carbocycles. The molecule has 2 atom stereocenters. The van der Waals surface area contributed by atoms with Crippen molar-refractivity contribution in [3.8, 4) is 0 Å². The SMILES string of the molecule is COCCN1CCC(N)C1c1ccc(F)cc1Cl. The van der Waals surface area contributed by atoms with Crippen LogP contribution in [0.15, 0.2) is 18.2 Å². The van der Waals surface area contributed by atoms with E-state index in [1.54, 1.807) is 13.2 Å². The van der Waals surface area contributed by atoms with Crippen molar-refractivity contribution in [2.75, 3.05) is 26.8 Å². The average Bonchev–Trinajstić information content (AvgIpc) is 2.68. The van der Waals surface area contributed by atoms with Gasteiger partial charge in [0.2, 0.25) is 0 Å². The van der Waals surface area contributed by atoms with Crippen LogP contribution in [0.4, 0.5) is 4.39 Å². The predicted octanol–water partition coefficient (Wildman–Crippen LogP) is 2.20. The maximum Gasteiger partial charge on any atom is 0.124 e. The van der Waals surface area contributed by atoms with Crippen molar-refractivity contribution in [3.63, 3.8) is 0 Å². The van der Waals surface area contributed by atoms with Crippen LogP contribution in [0.2, 0.25) is 5.02 Å². The summed E-state index contributed by atoms with van der Waals surface area (Å²) in [4.78, 5) is 2.24. The number of halogens is 2. The smallest absolute Gasteiger partial charge is 0.124 e. The van der Waals surface area contributed by atoms with Gasteiger partial charge in [0.1, 0.15) is 5.82 Å². The number of nitrogens with zero attached hydrogens (tertiary/aromatic N) is 1. The number of ether oxygens (including phenoxy) is 1. The van der Waals surface area contributed by atoms with Crippen LogP contribution >= 0.6 is 11.6 Å². The molecule has 18 heavy (non-hydrogen) atoms. The summed E-state index contributed by atoms with van der Waals surface area (Å²) < 4.78 is 18.2. The Labute approximate surface area is 112 Å². The summed E-state index contributed by atoms with van der Waals surface area (Å²) in [5.41, 5.74) is 7.05. The van der Waals surface area contributed by atoms with Gasteiger partial charge in [0.25, 0.3) is 0 Å². The Morgan fingerprint density at radius 2 is 2.33 bits per heavy atom. The predicted molar refractivity (Wildman–Crippen MR) is 70.2 cm³/mol. The summed E-state index contributed by atoms with van der Waals surface area (Å²) >= 11 is 6.12. The fourth-order valence-electron chi connectivity index (χ4n) is 2.51. The molecular weight excluding hydrogens is 255 g/mol. The fraction of sp³-hybridized carbons (Fsp3) is 0.538. The summed E-state index contributed by atoms with van der Waals surface area (Å²) in [5, 5.41) is 0.444. The first-order chi connectivity index (χ1) is 8.63. The normalized spacial score (nSPS) is 24.7. The number of benzene rings is 1. The van der Waals surface area contributed by atoms with Crippen LogP contribution in [-0.4, -0.2) is 37.7 Å². The molecule has 1 aromatic carbocycles. The number of nitrogens with two attached hydrogens (primary N) is 1. The van der Waals surface area contributed by atoms with E-state index in [0.717, 1.165) is 25.1 Å². The molecule has 0 aromatic heterocycles. The Kier molecular flexibility index (Phi) is 4.56. The lowest BCUT2D eigenvalue weighted by atomic mass is 10.0. The van der Waals surface area contributed by atoms with Gasteiger partial charge in [-0.3, -0.25) is 4.90 Å². The Balaban J connectivity index is 2.22. The van der Waals surface area contributed by atoms with Crippen LogP contribution in [0.25, 0.3) is 0 Å². The molecule has 2 unspecified atom stereocenters. The van der Waals surface area contributed by atoms with E-state index < -0.39 is 0 Å². The van der Waals surface area contributed by atoms with E-state index in [4.69, 9.17) is 22.1 Å². The molecule has 1 aliphatic rings. The second-order valence-corrected chi connectivity index (χ2v) is 5.00. The van der Waals surface area contributed by atoms with Crippen molar-refractivity contribution < 1.29 is 9.13 Å². The minimum atomic E-state index is -0.321. The van der Waals surface area contributed by atoms with Crippen LogP contribution in [0.1, 0.15) is 18.0 Å². The van der Waals surface area contributed by atoms with Crippen LogP contribution in [0.3, 0.4) is 0 Å². The topological polar surface area (TPSA) is 38.5 Å². The van der Waals surface area contributed by atoms with E-state index in [9.17, 15) is 4.39 Å². The Morgan fingerprint density at radius 3 is 3.00 bits per heavy atom. The van der Waals surface area contributed by atoms with Crippen LogP contribution in [0, 0.1) is 5.82 Å². The molecule has 1 aliphatic heterocycles. The van der Waals surface area contributed by atoms with Crippen molar-refractivity contribution in [1.29, 1.82) is 0 Å². The van der Waals surface area contributed by atoms with Gasteiger partial charge in [0.15, 0.2) is 0 Å². The van der Waals surface area contributed by atoms with Gasteiger partial charge in [-0.2, -0.15) is 0 Å². The molecular formula is C13H18ClFN2O. The highest BCUT2D eigenvalue weighted by molar-refractivity contribution is 6.31. The van der Waals surface area contributed by atoms with Gasteiger partial charge in [-0.05, 0) is 24.1 Å². The van der Waals surface area contributed by atoms with Crippen molar-refractivity contribution in [2.45, 2.75) is 18.5 Å². The second kappa shape index (κ2) is 5.97. The summed E-state index contributed by atoms with van der Waals surface area (Å²) in [5.74, 6) is -0.321. The first-order valence-electron chi connectivity index (χ1n) is 6.07. The van der Waals surface area contributed by atoms with Crippen molar-refractivity contribution in [1.82, 2.24) is 4.90 Å². The highest BCUT2D eigenvalue weighted by Crippen LogP contribution is 2.35. The lowest BCUT2D eigenvalue weighted by Gasteiger charge is -2.27. The van der Waals surface area contributed by atoms with E-state index in [0.29, 0.717) is 11.6 Å². The first-order valence-corrected chi connectivity index (χ1v) is 6.45. The maximum atomic E-state index is 13.1. The van der Waals surface area contributed by atoms with Crippen molar-refractivity contribution >= 4 is 11.6 Å². The molecule has 1 saturated heterocycles. The molecule has 0 amide bonds. The highest BCUT2D eigenvalue weighted by Gasteiger charge is 2.33. The standard InChI is InChI=1S/C13H18ClFN2O/c1-18-7-6-17-5-4-12(16)13(17)10-3-2-9(15)8-11(10)14/h2-3,8,12-13H,4-7,16H2,1H3. The lowest BCUT2D eigenvalue weighted by Crippen LogP contribution is -2.33. The molecule has 1 heterocycles. The second-order valence-electron chi connectivity index (χ2n) is 4.59. The molecule has 0 spiro atoms. The molecule has 5 heteroatoms. The number of hydrogen-bond acceptors (Lipinski definition) is 3. The Morgan fingerprint density at radius 1 is 1.56 bits per heavy atom. The number of hydrogen-bond donors (Lipinski definition) is 1. The Bertz CT molecular complexity index is 416. The quantitative estimate of drug-likeness (QED) is 0.913. The zero-order valence-corrected chi connectivity index (χ0v) is 11.2. The third-order valence-electron chi connectivity index (χ3n) is 3.41. The van der Waals surface area contributed by atoms with E-state index in [2.05, 4.69) is 4.90 Å². The van der Waals surface area contributed by atoms with E-state index in [1.165, 1.54) is 12.1 Å². The summed E-state index contributed by atoms with van der Waals surface area (Å²) in [7, 11) is 1.68. The summed E-state index contributed by atoms with van der Waals surface area (Å²) in [6, 6.07) is 4.59. The minimum absolute atomic E-state index is 0.0322. The maximum absolute atomic E-state index is 13.1. The molecule has 2 rings (SSSR count). The van der Waals surface area contributed by atoms with Gasteiger partial charge in [0.05, 0.1) is 12.6 Å². The molecule has 1 aromatic rings. The zero-order chi connectivity index (χ0) is 13.1. The van der Waals surface area contributed by atoms with Gasteiger partial charge in [-0.25, -0.2) is 4.39 Å². The largest absolute Gasteiger partial charge is 0.383 e. The molecule has 0 radical (unpaired) electrons. The lowest BCUT2D eigenvalue weighted by molar-refractivity contribution is 0.139. The fourth-order valence-corrected chi connectivity index (χ4v) is 2.79. The van der Waals surface area contributed by atoms with Crippen LogP contribution < -0.4 is 5.73 Å². The minimum Gasteiger partial charge on any atom is -0.383 e. The average molecular weight is 273 g/mol. The highest BCUT2D eigenvalue weighted by atomic mass is 35.5. The molecule has 1 fully saturated rings. The van der Waals surface area contributed by atoms with Crippen LogP contribution in [-0.2, 0) is 4.74 Å². The molecule has 0 bridgehead atoms. The van der Waals surface area contributed by atoms with Gasteiger partial charge in [-0.1, -0.05) is 17.7 Å². The number of methoxy groups -OCH3 is 1. The van der Waals surface area contributed by atoms with Crippen LogP contribution in [0.5, 0.6) is 0 Å². The Hall–Kier alpha value is -0.680. The third-order valence-corrected chi connectivity index (χ3v) is 3.74. The van der Waals surface area contributed by atoms with E-state index >= 15 is 0 Å². The molecule has 100 valence electrons. The third kappa shape index (κ3) is 2.83. The molecule has 0 aliphatic carbocycles. The summed E-state index contributed by atoms with van der Waals surface area (Å²) in [6.07, 6.45) is 0.919. The number of likely N-dealkylation sites (tertiary alicyclic amines) is 1. The van der Waals surface area contributed by atoms with Gasteiger partial charge in [-0.15, -0.1) is 0 Å². The van der Waals surface area contributed by atoms with E-state index in [-0.39, 0.29) is 17.9 Å². The van der Waals surface area contributed by atoms with E-state index in [1.807, 2.05) is 0 Å². The molecule has 3 nitrogen and oxygen atoms in total. The number of rotatable bonds is 4. The monoisotopic (exact) mass is 272 g/mol. The zero-order valence-electron chi connectivity index (χ0n) is 10.4. The molecule has 2 N–H and O–H groups in total. The van der Waals surface area contributed by atoms with Gasteiger partial charge < -0.3 is 10.5 Å². The summed E-state index contributed by atoms with van der Waals surface area (Å²) in [6.45, 7) is 2.38.